The van der Waals surface area contributed by atoms with Crippen LogP contribution in [0, 0.1) is 0 Å². The molecule has 0 aliphatic rings. The van der Waals surface area contributed by atoms with Gasteiger partial charge in [0, 0.05) is 20.8 Å². The molecule has 13 nitrogen and oxygen atoms in total. The van der Waals surface area contributed by atoms with Gasteiger partial charge in [0.25, 0.3) is 5.56 Å². The number of ether oxygens (including phenoxy) is 2. The molecule has 0 spiro atoms. The molecule has 0 aliphatic carbocycles. The van der Waals surface area contributed by atoms with Crippen LogP contribution < -0.4 is 10.9 Å². The Balaban J connectivity index is 0.000000265. The van der Waals surface area contributed by atoms with Crippen molar-refractivity contribution < 1.29 is 33.4 Å². The topological polar surface area (TPSA) is 190 Å². The van der Waals surface area contributed by atoms with Gasteiger partial charge in [0.15, 0.2) is 11.2 Å². The zero-order valence-electron chi connectivity index (χ0n) is 13.7. The Kier molecular flexibility index (Phi) is 6.83. The fraction of sp³-hybridized carbons (Fsp3) is 0.231. The number of hydrogen-bond acceptors (Lipinski definition) is 10. The number of nitrogens with zero attached hydrogens (tertiary/aromatic N) is 2. The number of amides is 1. The van der Waals surface area contributed by atoms with E-state index in [9.17, 15) is 28.8 Å². The van der Waals surface area contributed by atoms with E-state index in [4.69, 9.17) is 0 Å². The number of aromatic nitrogens is 4. The van der Waals surface area contributed by atoms with Crippen molar-refractivity contribution in [2.24, 2.45) is 0 Å². The fourth-order valence-electron chi connectivity index (χ4n) is 1.41. The number of fused-ring (bicyclic) bond motifs is 1. The van der Waals surface area contributed by atoms with Crippen molar-refractivity contribution in [2.75, 3.05) is 5.32 Å². The highest BCUT2D eigenvalue weighted by Gasteiger charge is 2.20. The molecule has 0 aromatic carbocycles. The lowest BCUT2D eigenvalue weighted by atomic mass is 10.5. The fourth-order valence-corrected chi connectivity index (χ4v) is 1.41. The molecule has 2 heterocycles. The molecule has 0 saturated heterocycles. The van der Waals surface area contributed by atoms with Crippen LogP contribution in [0.4, 0.5) is 5.95 Å². The molecule has 26 heavy (non-hydrogen) atoms. The summed E-state index contributed by atoms with van der Waals surface area (Å²) in [6, 6.07) is 0. The second-order valence-electron chi connectivity index (χ2n) is 4.46. The highest BCUT2D eigenvalue weighted by molar-refractivity contribution is 6.33. The van der Waals surface area contributed by atoms with E-state index in [1.807, 2.05) is 0 Å². The van der Waals surface area contributed by atoms with Crippen LogP contribution in [0.3, 0.4) is 0 Å². The molecule has 0 fully saturated rings. The molecule has 0 aliphatic heterocycles. The maximum absolute atomic E-state index is 11.3. The Morgan fingerprint density at radius 1 is 1.00 bits per heavy atom. The minimum Gasteiger partial charge on any atom is -0.385 e. The standard InChI is InChI=1S/C7H7N5O2.C6H6O6/c1-3(13)10-7-11-5-4(6(14)12-7)8-2-9-5;1-3(7)11-5(9)6(10)12-4(2)8/h2H,1H3,(H3,8,9,10,11,12,13,14);1-2H3. The summed E-state index contributed by atoms with van der Waals surface area (Å²) in [5.74, 6) is -5.10. The van der Waals surface area contributed by atoms with Gasteiger partial charge in [-0.3, -0.25) is 29.5 Å². The highest BCUT2D eigenvalue weighted by atomic mass is 16.6. The minimum absolute atomic E-state index is 0.0992. The third-order valence-corrected chi connectivity index (χ3v) is 2.23. The van der Waals surface area contributed by atoms with Gasteiger partial charge in [0.1, 0.15) is 0 Å². The molecule has 0 radical (unpaired) electrons. The normalized spacial score (nSPS) is 9.50. The van der Waals surface area contributed by atoms with E-state index in [0.29, 0.717) is 5.52 Å². The average Bonchev–Trinajstić information content (AvgIpc) is 2.94. The SMILES string of the molecule is CC(=O)Nc1nc2nc[nH]c2c(=O)[nH]1.CC(=O)OC(=O)C(=O)OC(C)=O. The Hall–Kier alpha value is -3.90. The predicted molar refractivity (Wildman–Crippen MR) is 82.4 cm³/mol. The maximum Gasteiger partial charge on any atom is 0.425 e. The molecule has 0 atom stereocenters. The van der Waals surface area contributed by atoms with Gasteiger partial charge in [-0.25, -0.2) is 14.6 Å². The van der Waals surface area contributed by atoms with Gasteiger partial charge >= 0.3 is 23.9 Å². The molecule has 0 saturated carbocycles. The lowest BCUT2D eigenvalue weighted by Crippen LogP contribution is -2.23. The molecule has 2 aromatic heterocycles. The second kappa shape index (κ2) is 8.81. The predicted octanol–water partition coefficient (Wildman–Crippen LogP) is -1.23. The Morgan fingerprint density at radius 3 is 2.00 bits per heavy atom. The smallest absolute Gasteiger partial charge is 0.385 e. The second-order valence-corrected chi connectivity index (χ2v) is 4.46. The number of hydrogen-bond donors (Lipinski definition) is 3. The summed E-state index contributed by atoms with van der Waals surface area (Å²) in [5, 5.41) is 2.37. The number of nitrogens with one attached hydrogen (secondary N) is 3. The van der Waals surface area contributed by atoms with E-state index in [-0.39, 0.29) is 23.1 Å². The largest absolute Gasteiger partial charge is 0.425 e. The summed E-state index contributed by atoms with van der Waals surface area (Å²) in [7, 11) is 0. The Morgan fingerprint density at radius 2 is 1.54 bits per heavy atom. The van der Waals surface area contributed by atoms with Gasteiger partial charge in [-0.15, -0.1) is 0 Å². The molecule has 2 rings (SSSR count). The number of imidazole rings is 1. The molecule has 1 amide bonds. The van der Waals surface area contributed by atoms with Crippen molar-refractivity contribution in [3.8, 4) is 0 Å². The van der Waals surface area contributed by atoms with Gasteiger partial charge in [-0.2, -0.15) is 4.98 Å². The molecule has 2 aromatic rings. The van der Waals surface area contributed by atoms with Gasteiger partial charge in [-0.05, 0) is 0 Å². The minimum atomic E-state index is -1.50. The number of anilines is 1. The van der Waals surface area contributed by atoms with Gasteiger partial charge in [-0.1, -0.05) is 0 Å². The van der Waals surface area contributed by atoms with Crippen molar-refractivity contribution in [3.63, 3.8) is 0 Å². The van der Waals surface area contributed by atoms with E-state index in [1.54, 1.807) is 0 Å². The number of carbonyl (C=O) groups is 5. The first kappa shape index (κ1) is 20.1. The molecule has 0 bridgehead atoms. The van der Waals surface area contributed by atoms with Gasteiger partial charge < -0.3 is 14.5 Å². The quantitative estimate of drug-likeness (QED) is 0.312. The summed E-state index contributed by atoms with van der Waals surface area (Å²) < 4.78 is 7.62. The van der Waals surface area contributed by atoms with Crippen LogP contribution in [-0.4, -0.2) is 49.7 Å². The van der Waals surface area contributed by atoms with E-state index in [0.717, 1.165) is 13.8 Å². The zero-order chi connectivity index (χ0) is 19.9. The van der Waals surface area contributed by atoms with Crippen molar-refractivity contribution >= 4 is 46.9 Å². The highest BCUT2D eigenvalue weighted by Crippen LogP contribution is 2.02. The number of rotatable bonds is 1. The third-order valence-electron chi connectivity index (χ3n) is 2.23. The lowest BCUT2D eigenvalue weighted by Gasteiger charge is -1.98. The summed E-state index contributed by atoms with van der Waals surface area (Å²) in [4.78, 5) is 75.8. The number of aromatic amines is 2. The first-order valence-corrected chi connectivity index (χ1v) is 6.76. The maximum atomic E-state index is 11.3. The van der Waals surface area contributed by atoms with E-state index >= 15 is 0 Å². The number of esters is 4. The van der Waals surface area contributed by atoms with Crippen LogP contribution in [-0.2, 0) is 33.4 Å². The third kappa shape index (κ3) is 6.31. The van der Waals surface area contributed by atoms with E-state index < -0.39 is 23.9 Å². The number of H-pyrrole nitrogens is 2. The first-order chi connectivity index (χ1) is 12.1. The van der Waals surface area contributed by atoms with Crippen molar-refractivity contribution in [2.45, 2.75) is 20.8 Å². The van der Waals surface area contributed by atoms with E-state index in [2.05, 4.69) is 34.7 Å². The summed E-state index contributed by atoms with van der Waals surface area (Å²) in [6.45, 7) is 3.21. The molecule has 138 valence electrons. The summed E-state index contributed by atoms with van der Waals surface area (Å²) in [6.07, 6.45) is 1.37. The number of carbonyl (C=O) groups excluding carboxylic acids is 5. The molecule has 3 N–H and O–H groups in total. The zero-order valence-corrected chi connectivity index (χ0v) is 13.7. The lowest BCUT2D eigenvalue weighted by molar-refractivity contribution is -0.176. The average molecular weight is 367 g/mol. The summed E-state index contributed by atoms with van der Waals surface area (Å²) in [5.41, 5.74) is 0.202. The Labute approximate surface area is 144 Å². The summed E-state index contributed by atoms with van der Waals surface area (Å²) >= 11 is 0. The van der Waals surface area contributed by atoms with Crippen LogP contribution in [0.1, 0.15) is 20.8 Å². The monoisotopic (exact) mass is 367 g/mol. The molecule has 0 unspecified atom stereocenters. The van der Waals surface area contributed by atoms with Gasteiger partial charge in [0.05, 0.1) is 6.33 Å². The van der Waals surface area contributed by atoms with Crippen LogP contribution in [0.2, 0.25) is 0 Å². The first-order valence-electron chi connectivity index (χ1n) is 6.76. The van der Waals surface area contributed by atoms with Crippen molar-refractivity contribution in [3.05, 3.63) is 16.7 Å². The Bertz CT molecular complexity index is 902. The van der Waals surface area contributed by atoms with E-state index in [1.165, 1.54) is 13.3 Å². The molecular formula is C13H13N5O8. The van der Waals surface area contributed by atoms with Crippen LogP contribution in [0.15, 0.2) is 11.1 Å². The van der Waals surface area contributed by atoms with Crippen molar-refractivity contribution in [1.82, 2.24) is 19.9 Å². The van der Waals surface area contributed by atoms with Crippen molar-refractivity contribution in [1.29, 1.82) is 0 Å². The molecule has 13 heteroatoms. The van der Waals surface area contributed by atoms with Crippen LogP contribution >= 0.6 is 0 Å². The van der Waals surface area contributed by atoms with Crippen LogP contribution in [0.25, 0.3) is 11.2 Å². The van der Waals surface area contributed by atoms with Gasteiger partial charge in [0.2, 0.25) is 11.9 Å². The van der Waals surface area contributed by atoms with Crippen LogP contribution in [0.5, 0.6) is 0 Å². The molecular weight excluding hydrogens is 354 g/mol.